The summed E-state index contributed by atoms with van der Waals surface area (Å²) in [6, 6.07) is 1.80. The van der Waals surface area contributed by atoms with Gasteiger partial charge in [-0.15, -0.1) is 0 Å². The molecule has 1 aliphatic heterocycles. The van der Waals surface area contributed by atoms with Gasteiger partial charge in [-0.1, -0.05) is 6.92 Å². The maximum absolute atomic E-state index is 12.0. The van der Waals surface area contributed by atoms with Gasteiger partial charge in [-0.3, -0.25) is 4.79 Å². The average molecular weight is 277 g/mol. The molecule has 2 heterocycles. The number of nitrogens with one attached hydrogen (secondary N) is 2. The number of aromatic nitrogens is 2. The lowest BCUT2D eigenvalue weighted by atomic mass is 10.0. The molecule has 1 amide bonds. The number of carbonyl (C=O) groups is 1. The Kier molecular flexibility index (Phi) is 5.15. The maximum Gasteiger partial charge on any atom is 0.242 e. The van der Waals surface area contributed by atoms with Crippen molar-refractivity contribution in [2.75, 3.05) is 30.4 Å². The highest BCUT2D eigenvalue weighted by atomic mass is 16.2. The predicted molar refractivity (Wildman–Crippen MR) is 79.9 cm³/mol. The SMILES string of the molecule is CCCNc1cc(N2CCCCC2C(=O)NC)ncn1. The zero-order valence-electron chi connectivity index (χ0n) is 12.2. The van der Waals surface area contributed by atoms with E-state index in [1.165, 1.54) is 0 Å². The van der Waals surface area contributed by atoms with Gasteiger partial charge < -0.3 is 15.5 Å². The molecule has 2 rings (SSSR count). The van der Waals surface area contributed by atoms with Gasteiger partial charge in [-0.05, 0) is 25.7 Å². The number of likely N-dealkylation sites (N-methyl/N-ethyl adjacent to an activating group) is 1. The fourth-order valence-electron chi connectivity index (χ4n) is 2.50. The van der Waals surface area contributed by atoms with E-state index in [1.807, 2.05) is 6.07 Å². The van der Waals surface area contributed by atoms with Crippen LogP contribution in [0.2, 0.25) is 0 Å². The number of carbonyl (C=O) groups excluding carboxylic acids is 1. The third kappa shape index (κ3) is 3.37. The molecular formula is C14H23N5O. The lowest BCUT2D eigenvalue weighted by Gasteiger charge is -2.35. The molecule has 110 valence electrons. The van der Waals surface area contributed by atoms with Crippen molar-refractivity contribution < 1.29 is 4.79 Å². The number of hydrogen-bond donors (Lipinski definition) is 2. The smallest absolute Gasteiger partial charge is 0.242 e. The summed E-state index contributed by atoms with van der Waals surface area (Å²) in [5.41, 5.74) is 0. The summed E-state index contributed by atoms with van der Waals surface area (Å²) < 4.78 is 0. The van der Waals surface area contributed by atoms with Crippen LogP contribution in [0.25, 0.3) is 0 Å². The van der Waals surface area contributed by atoms with Crippen molar-refractivity contribution in [1.82, 2.24) is 15.3 Å². The molecule has 20 heavy (non-hydrogen) atoms. The number of nitrogens with zero attached hydrogens (tertiary/aromatic N) is 3. The molecule has 1 unspecified atom stereocenters. The van der Waals surface area contributed by atoms with Gasteiger partial charge in [0.05, 0.1) is 0 Å². The van der Waals surface area contributed by atoms with E-state index in [9.17, 15) is 4.79 Å². The van der Waals surface area contributed by atoms with Crippen LogP contribution in [0.1, 0.15) is 32.6 Å². The first-order valence-corrected chi connectivity index (χ1v) is 7.30. The molecule has 1 aromatic heterocycles. The van der Waals surface area contributed by atoms with Crippen LogP contribution in [0.3, 0.4) is 0 Å². The van der Waals surface area contributed by atoms with Crippen LogP contribution < -0.4 is 15.5 Å². The fraction of sp³-hybridized carbons (Fsp3) is 0.643. The summed E-state index contributed by atoms with van der Waals surface area (Å²) in [4.78, 5) is 22.6. The molecule has 1 atom stereocenters. The molecule has 1 saturated heterocycles. The molecular weight excluding hydrogens is 254 g/mol. The third-order valence-corrected chi connectivity index (χ3v) is 3.55. The Morgan fingerprint density at radius 3 is 3.05 bits per heavy atom. The van der Waals surface area contributed by atoms with E-state index in [0.29, 0.717) is 0 Å². The number of anilines is 2. The molecule has 0 radical (unpaired) electrons. The second-order valence-corrected chi connectivity index (χ2v) is 5.01. The first-order valence-electron chi connectivity index (χ1n) is 7.30. The van der Waals surface area contributed by atoms with Crippen molar-refractivity contribution in [3.63, 3.8) is 0 Å². The Morgan fingerprint density at radius 1 is 1.45 bits per heavy atom. The normalized spacial score (nSPS) is 18.7. The Bertz CT molecular complexity index is 451. The monoisotopic (exact) mass is 277 g/mol. The zero-order chi connectivity index (χ0) is 14.4. The van der Waals surface area contributed by atoms with Crippen LogP contribution in [0.15, 0.2) is 12.4 Å². The van der Waals surface area contributed by atoms with Crippen LogP contribution in [-0.4, -0.2) is 42.1 Å². The van der Waals surface area contributed by atoms with Gasteiger partial charge in [0.15, 0.2) is 0 Å². The van der Waals surface area contributed by atoms with Gasteiger partial charge in [0.2, 0.25) is 5.91 Å². The lowest BCUT2D eigenvalue weighted by Crippen LogP contribution is -2.49. The van der Waals surface area contributed by atoms with E-state index in [-0.39, 0.29) is 11.9 Å². The van der Waals surface area contributed by atoms with Crippen LogP contribution >= 0.6 is 0 Å². The van der Waals surface area contributed by atoms with E-state index >= 15 is 0 Å². The quantitative estimate of drug-likeness (QED) is 0.851. The Balaban J connectivity index is 2.16. The molecule has 6 heteroatoms. The lowest BCUT2D eigenvalue weighted by molar-refractivity contribution is -0.122. The number of amides is 1. The van der Waals surface area contributed by atoms with Crippen molar-refractivity contribution in [3.05, 3.63) is 12.4 Å². The number of piperidine rings is 1. The van der Waals surface area contributed by atoms with Gasteiger partial charge in [-0.25, -0.2) is 9.97 Å². The Hall–Kier alpha value is -1.85. The second-order valence-electron chi connectivity index (χ2n) is 5.01. The summed E-state index contributed by atoms with van der Waals surface area (Å²) in [5.74, 6) is 1.70. The molecule has 2 N–H and O–H groups in total. The second kappa shape index (κ2) is 7.07. The Morgan fingerprint density at radius 2 is 2.30 bits per heavy atom. The first-order chi connectivity index (χ1) is 9.76. The summed E-state index contributed by atoms with van der Waals surface area (Å²) in [5, 5.41) is 6.00. The highest BCUT2D eigenvalue weighted by Crippen LogP contribution is 2.24. The number of rotatable bonds is 5. The first kappa shape index (κ1) is 14.6. The van der Waals surface area contributed by atoms with Gasteiger partial charge in [0.25, 0.3) is 0 Å². The molecule has 0 bridgehead atoms. The van der Waals surface area contributed by atoms with E-state index in [0.717, 1.165) is 50.4 Å². The summed E-state index contributed by atoms with van der Waals surface area (Å²) in [6.07, 6.45) is 5.66. The van der Waals surface area contributed by atoms with Gasteiger partial charge >= 0.3 is 0 Å². The highest BCUT2D eigenvalue weighted by Gasteiger charge is 2.29. The highest BCUT2D eigenvalue weighted by molar-refractivity contribution is 5.85. The van der Waals surface area contributed by atoms with E-state index in [1.54, 1.807) is 13.4 Å². The molecule has 0 aliphatic carbocycles. The number of hydrogen-bond acceptors (Lipinski definition) is 5. The van der Waals surface area contributed by atoms with Gasteiger partial charge in [0.1, 0.15) is 24.0 Å². The topological polar surface area (TPSA) is 70.2 Å². The summed E-state index contributed by atoms with van der Waals surface area (Å²) in [7, 11) is 1.68. The largest absolute Gasteiger partial charge is 0.370 e. The summed E-state index contributed by atoms with van der Waals surface area (Å²) in [6.45, 7) is 3.86. The van der Waals surface area contributed by atoms with Crippen LogP contribution in [0, 0.1) is 0 Å². The predicted octanol–water partition coefficient (Wildman–Crippen LogP) is 1.40. The minimum absolute atomic E-state index is 0.0615. The third-order valence-electron chi connectivity index (χ3n) is 3.55. The molecule has 0 aromatic carbocycles. The summed E-state index contributed by atoms with van der Waals surface area (Å²) >= 11 is 0. The van der Waals surface area contributed by atoms with Crippen LogP contribution in [-0.2, 0) is 4.79 Å². The molecule has 1 aliphatic rings. The van der Waals surface area contributed by atoms with Gasteiger partial charge in [0, 0.05) is 26.2 Å². The fourth-order valence-corrected chi connectivity index (χ4v) is 2.50. The van der Waals surface area contributed by atoms with Crippen molar-refractivity contribution >= 4 is 17.5 Å². The molecule has 0 spiro atoms. The molecule has 1 aromatic rings. The average Bonchev–Trinajstić information content (AvgIpc) is 2.52. The van der Waals surface area contributed by atoms with Crippen molar-refractivity contribution in [2.24, 2.45) is 0 Å². The standard InChI is InChI=1S/C14H23N5O/c1-3-7-16-12-9-13(18-10-17-12)19-8-5-4-6-11(19)14(20)15-2/h9-11H,3-8H2,1-2H3,(H,15,20)(H,16,17,18). The van der Waals surface area contributed by atoms with Crippen molar-refractivity contribution in [1.29, 1.82) is 0 Å². The van der Waals surface area contributed by atoms with E-state index in [4.69, 9.17) is 0 Å². The maximum atomic E-state index is 12.0. The van der Waals surface area contributed by atoms with E-state index in [2.05, 4.69) is 32.4 Å². The van der Waals surface area contributed by atoms with Crippen molar-refractivity contribution in [3.8, 4) is 0 Å². The van der Waals surface area contributed by atoms with Gasteiger partial charge in [-0.2, -0.15) is 0 Å². The van der Waals surface area contributed by atoms with Crippen LogP contribution in [0.5, 0.6) is 0 Å². The molecule has 6 nitrogen and oxygen atoms in total. The van der Waals surface area contributed by atoms with Crippen LogP contribution in [0.4, 0.5) is 11.6 Å². The molecule has 0 saturated carbocycles. The zero-order valence-corrected chi connectivity index (χ0v) is 12.2. The minimum Gasteiger partial charge on any atom is -0.370 e. The van der Waals surface area contributed by atoms with Crippen molar-refractivity contribution in [2.45, 2.75) is 38.6 Å². The van der Waals surface area contributed by atoms with E-state index < -0.39 is 0 Å². The molecule has 1 fully saturated rings. The minimum atomic E-state index is -0.123. The Labute approximate surface area is 120 Å².